The molecule has 2 fully saturated rings. The number of carbonyl (C=O) groups is 1. The summed E-state index contributed by atoms with van der Waals surface area (Å²) in [6, 6.07) is 11.7. The number of amides is 1. The normalized spacial score (nSPS) is 20.7. The number of carbonyl (C=O) groups excluding carboxylic acids is 1. The molecule has 174 valence electrons. The molecule has 1 amide bonds. The molecule has 2 N–H and O–H groups in total. The number of rotatable bonds is 10. The van der Waals surface area contributed by atoms with Crippen molar-refractivity contribution in [1.29, 1.82) is 0 Å². The summed E-state index contributed by atoms with van der Waals surface area (Å²) in [5, 5.41) is 7.98. The number of halogens is 1. The summed E-state index contributed by atoms with van der Waals surface area (Å²) in [5.41, 5.74) is 5.09. The summed E-state index contributed by atoms with van der Waals surface area (Å²) in [6.45, 7) is 3.95. The van der Waals surface area contributed by atoms with Crippen molar-refractivity contribution in [3.8, 4) is 11.3 Å². The maximum absolute atomic E-state index is 14.6. The molecule has 1 saturated heterocycles. The number of morpholine rings is 1. The average Bonchev–Trinajstić information content (AvgIpc) is 3.57. The highest BCUT2D eigenvalue weighted by molar-refractivity contribution is 5.82. The zero-order chi connectivity index (χ0) is 22.5. The number of benzene rings is 1. The zero-order valence-corrected chi connectivity index (χ0v) is 18.7. The minimum atomic E-state index is -1.18. The molecule has 2 aliphatic rings. The van der Waals surface area contributed by atoms with E-state index in [9.17, 15) is 9.18 Å². The predicted octanol–water partition coefficient (Wildman–Crippen LogP) is 2.08. The molecule has 32 heavy (non-hydrogen) atoms. The number of ether oxygens (including phenoxy) is 1. The van der Waals surface area contributed by atoms with Crippen molar-refractivity contribution in [2.24, 2.45) is 0 Å². The second-order valence-corrected chi connectivity index (χ2v) is 8.37. The lowest BCUT2D eigenvalue weighted by Gasteiger charge is -2.33. The van der Waals surface area contributed by atoms with Crippen LogP contribution in [0.4, 0.5) is 4.39 Å². The lowest BCUT2D eigenvalue weighted by molar-refractivity contribution is -0.148. The Morgan fingerprint density at radius 2 is 2.19 bits per heavy atom. The van der Waals surface area contributed by atoms with Gasteiger partial charge < -0.3 is 19.8 Å². The highest BCUT2D eigenvalue weighted by atomic mass is 19.1. The standard InChI is InChI=1S/C23H32FN5O3/c1-16(29(19-8-9-19)23(30)22-14-25-10-11-32-22)20-12-21(17-6-4-3-5-7-17)28(27-20)15-18(24)13-26-31-2/h3-7,12,16,18-19,22,25-26H,8-11,13-15H2,1-2H3/t16-,18?,22-/m1/s1. The van der Waals surface area contributed by atoms with E-state index in [4.69, 9.17) is 14.7 Å². The lowest BCUT2D eigenvalue weighted by atomic mass is 10.1. The predicted molar refractivity (Wildman–Crippen MR) is 118 cm³/mol. The molecule has 1 aromatic heterocycles. The minimum Gasteiger partial charge on any atom is -0.366 e. The van der Waals surface area contributed by atoms with Crippen molar-refractivity contribution >= 4 is 5.91 Å². The molecular weight excluding hydrogens is 413 g/mol. The van der Waals surface area contributed by atoms with Crippen molar-refractivity contribution < 1.29 is 18.8 Å². The molecule has 3 atom stereocenters. The number of hydroxylamine groups is 1. The van der Waals surface area contributed by atoms with E-state index in [-0.39, 0.29) is 31.1 Å². The lowest BCUT2D eigenvalue weighted by Crippen LogP contribution is -2.50. The fourth-order valence-electron chi connectivity index (χ4n) is 4.12. The molecule has 0 spiro atoms. The third-order valence-corrected chi connectivity index (χ3v) is 5.93. The Bertz CT molecular complexity index is 883. The number of aromatic nitrogens is 2. The molecule has 1 unspecified atom stereocenters. The summed E-state index contributed by atoms with van der Waals surface area (Å²) < 4.78 is 22.0. The van der Waals surface area contributed by atoms with Crippen LogP contribution in [0.3, 0.4) is 0 Å². The molecule has 2 heterocycles. The van der Waals surface area contributed by atoms with Crippen molar-refractivity contribution in [3.05, 3.63) is 42.1 Å². The quantitative estimate of drug-likeness (QED) is 0.545. The number of hydrogen-bond acceptors (Lipinski definition) is 6. The van der Waals surface area contributed by atoms with E-state index in [0.717, 1.165) is 36.3 Å². The van der Waals surface area contributed by atoms with Crippen molar-refractivity contribution in [2.45, 2.75) is 50.7 Å². The monoisotopic (exact) mass is 445 g/mol. The Kier molecular flexibility index (Phi) is 7.51. The molecule has 2 aromatic rings. The van der Waals surface area contributed by atoms with Gasteiger partial charge in [-0.2, -0.15) is 10.6 Å². The number of nitrogens with one attached hydrogen (secondary N) is 2. The van der Waals surface area contributed by atoms with Crippen LogP contribution in [0, 0.1) is 0 Å². The Hall–Kier alpha value is -2.33. The summed E-state index contributed by atoms with van der Waals surface area (Å²) >= 11 is 0. The first-order chi connectivity index (χ1) is 15.6. The van der Waals surface area contributed by atoms with Gasteiger partial charge in [-0.3, -0.25) is 9.48 Å². The first kappa shape index (κ1) is 22.8. The summed E-state index contributed by atoms with van der Waals surface area (Å²) in [4.78, 5) is 20.0. The van der Waals surface area contributed by atoms with Gasteiger partial charge in [-0.25, -0.2) is 4.39 Å². The topological polar surface area (TPSA) is 80.7 Å². The highest BCUT2D eigenvalue weighted by Gasteiger charge is 2.40. The Balaban J connectivity index is 1.60. The Labute approximate surface area is 188 Å². The van der Waals surface area contributed by atoms with E-state index in [2.05, 4.69) is 10.8 Å². The zero-order valence-electron chi connectivity index (χ0n) is 18.7. The van der Waals surface area contributed by atoms with Crippen LogP contribution < -0.4 is 10.8 Å². The maximum Gasteiger partial charge on any atom is 0.253 e. The molecule has 1 aliphatic heterocycles. The third kappa shape index (κ3) is 5.35. The highest BCUT2D eigenvalue weighted by Crippen LogP contribution is 2.36. The summed E-state index contributed by atoms with van der Waals surface area (Å²) in [5.74, 6) is -0.00401. The molecule has 1 aromatic carbocycles. The van der Waals surface area contributed by atoms with E-state index in [1.165, 1.54) is 7.11 Å². The second kappa shape index (κ2) is 10.5. The molecular formula is C23H32FN5O3. The molecule has 4 rings (SSSR count). The van der Waals surface area contributed by atoms with Crippen LogP contribution in [-0.4, -0.2) is 72.3 Å². The molecule has 0 bridgehead atoms. The fraction of sp³-hybridized carbons (Fsp3) is 0.565. The molecule has 8 nitrogen and oxygen atoms in total. The second-order valence-electron chi connectivity index (χ2n) is 8.37. The van der Waals surface area contributed by atoms with E-state index in [1.54, 1.807) is 4.68 Å². The molecule has 1 aliphatic carbocycles. The molecule has 1 saturated carbocycles. The van der Waals surface area contributed by atoms with Gasteiger partial charge in [0, 0.05) is 19.1 Å². The first-order valence-electron chi connectivity index (χ1n) is 11.3. The van der Waals surface area contributed by atoms with Crippen LogP contribution in [0.5, 0.6) is 0 Å². The SMILES string of the molecule is CONCC(F)Cn1nc([C@@H](C)N(C(=O)[C@H]2CNCCO2)C2CC2)cc1-c1ccccc1. The van der Waals surface area contributed by atoms with Crippen LogP contribution >= 0.6 is 0 Å². The molecule has 9 heteroatoms. The van der Waals surface area contributed by atoms with Gasteiger partial charge in [-0.1, -0.05) is 30.3 Å². The van der Waals surface area contributed by atoms with Crippen LogP contribution in [0.1, 0.15) is 31.5 Å². The fourth-order valence-corrected chi connectivity index (χ4v) is 4.12. The van der Waals surface area contributed by atoms with E-state index in [1.807, 2.05) is 48.2 Å². The van der Waals surface area contributed by atoms with Crippen LogP contribution in [0.15, 0.2) is 36.4 Å². The maximum atomic E-state index is 14.6. The Morgan fingerprint density at radius 1 is 1.41 bits per heavy atom. The largest absolute Gasteiger partial charge is 0.366 e. The van der Waals surface area contributed by atoms with Gasteiger partial charge in [-0.05, 0) is 31.4 Å². The van der Waals surface area contributed by atoms with E-state index >= 15 is 0 Å². The van der Waals surface area contributed by atoms with Gasteiger partial charge in [-0.15, -0.1) is 0 Å². The minimum absolute atomic E-state index is 0.00401. The van der Waals surface area contributed by atoms with Crippen molar-refractivity contribution in [2.75, 3.05) is 33.4 Å². The number of nitrogens with zero attached hydrogens (tertiary/aromatic N) is 3. The Morgan fingerprint density at radius 3 is 2.84 bits per heavy atom. The third-order valence-electron chi connectivity index (χ3n) is 5.93. The van der Waals surface area contributed by atoms with Crippen LogP contribution in [0.25, 0.3) is 11.3 Å². The summed E-state index contributed by atoms with van der Waals surface area (Å²) in [7, 11) is 1.46. The van der Waals surface area contributed by atoms with Crippen molar-refractivity contribution in [3.63, 3.8) is 0 Å². The van der Waals surface area contributed by atoms with Gasteiger partial charge in [0.15, 0.2) is 0 Å². The number of hydrogen-bond donors (Lipinski definition) is 2. The average molecular weight is 446 g/mol. The summed E-state index contributed by atoms with van der Waals surface area (Å²) in [6.07, 6.45) is 0.316. The van der Waals surface area contributed by atoms with Gasteiger partial charge in [0.05, 0.1) is 44.2 Å². The van der Waals surface area contributed by atoms with Gasteiger partial charge in [0.25, 0.3) is 5.91 Å². The molecule has 0 radical (unpaired) electrons. The van der Waals surface area contributed by atoms with Crippen LogP contribution in [-0.2, 0) is 20.9 Å². The van der Waals surface area contributed by atoms with E-state index in [0.29, 0.717) is 13.2 Å². The number of alkyl halides is 1. The van der Waals surface area contributed by atoms with Crippen LogP contribution in [0.2, 0.25) is 0 Å². The van der Waals surface area contributed by atoms with Gasteiger partial charge in [0.1, 0.15) is 12.3 Å². The van der Waals surface area contributed by atoms with Gasteiger partial charge in [0.2, 0.25) is 0 Å². The van der Waals surface area contributed by atoms with E-state index < -0.39 is 12.3 Å². The first-order valence-corrected chi connectivity index (χ1v) is 11.3. The van der Waals surface area contributed by atoms with Gasteiger partial charge >= 0.3 is 0 Å². The smallest absolute Gasteiger partial charge is 0.253 e. The van der Waals surface area contributed by atoms with Crippen molar-refractivity contribution in [1.82, 2.24) is 25.5 Å².